The second-order valence-electron chi connectivity index (χ2n) is 6.23. The first-order valence-electron chi connectivity index (χ1n) is 8.91. The van der Waals surface area contributed by atoms with Crippen LogP contribution in [0.5, 0.6) is 11.5 Å². The van der Waals surface area contributed by atoms with E-state index in [1.165, 1.54) is 11.3 Å². The number of hydrogen-bond acceptors (Lipinski definition) is 6. The number of rotatable bonds is 9. The molecule has 1 aliphatic rings. The highest BCUT2D eigenvalue weighted by Gasteiger charge is 2.19. The Hall–Kier alpha value is -2.61. The monoisotopic (exact) mass is 389 g/mol. The third-order valence-electron chi connectivity index (χ3n) is 4.35. The Labute approximate surface area is 162 Å². The van der Waals surface area contributed by atoms with E-state index in [2.05, 4.69) is 10.3 Å². The van der Waals surface area contributed by atoms with Crippen molar-refractivity contribution in [3.05, 3.63) is 40.3 Å². The summed E-state index contributed by atoms with van der Waals surface area (Å²) >= 11 is 1.51. The van der Waals surface area contributed by atoms with Gasteiger partial charge in [0.1, 0.15) is 6.61 Å². The highest BCUT2D eigenvalue weighted by molar-refractivity contribution is 7.07. The van der Waals surface area contributed by atoms with Crippen molar-refractivity contribution >= 4 is 23.2 Å². The summed E-state index contributed by atoms with van der Waals surface area (Å²) in [4.78, 5) is 29.9. The van der Waals surface area contributed by atoms with Gasteiger partial charge in [-0.25, -0.2) is 4.98 Å². The van der Waals surface area contributed by atoms with Gasteiger partial charge in [0.05, 0.1) is 18.3 Å². The number of amides is 2. The van der Waals surface area contributed by atoms with Crippen molar-refractivity contribution in [1.82, 2.24) is 15.2 Å². The molecule has 0 radical (unpaired) electrons. The number of thiazole rings is 1. The van der Waals surface area contributed by atoms with Gasteiger partial charge in [-0.15, -0.1) is 11.3 Å². The minimum Gasteiger partial charge on any atom is -0.493 e. The van der Waals surface area contributed by atoms with Crippen molar-refractivity contribution in [1.29, 1.82) is 0 Å². The summed E-state index contributed by atoms with van der Waals surface area (Å²) in [6.07, 6.45) is 2.31. The van der Waals surface area contributed by atoms with E-state index in [9.17, 15) is 9.59 Å². The number of carbonyl (C=O) groups excluding carboxylic acids is 2. The number of methoxy groups -OCH3 is 1. The van der Waals surface area contributed by atoms with E-state index in [0.717, 1.165) is 25.1 Å². The topological polar surface area (TPSA) is 80.8 Å². The maximum Gasteiger partial charge on any atom is 0.251 e. The number of nitrogens with one attached hydrogen (secondary N) is 1. The second-order valence-corrected chi connectivity index (χ2v) is 6.95. The molecule has 1 fully saturated rings. The molecule has 1 aromatic heterocycles. The zero-order valence-electron chi connectivity index (χ0n) is 15.3. The molecule has 8 heteroatoms. The van der Waals surface area contributed by atoms with Gasteiger partial charge in [-0.05, 0) is 31.0 Å². The van der Waals surface area contributed by atoms with E-state index in [-0.39, 0.29) is 11.8 Å². The SMILES string of the molecule is COc1cc(C(=O)NCCCN2CCCC2=O)ccc1OCc1cscn1. The van der Waals surface area contributed by atoms with Gasteiger partial charge in [-0.2, -0.15) is 0 Å². The van der Waals surface area contributed by atoms with Crippen molar-refractivity contribution in [2.75, 3.05) is 26.7 Å². The van der Waals surface area contributed by atoms with Crippen molar-refractivity contribution in [2.45, 2.75) is 25.9 Å². The summed E-state index contributed by atoms with van der Waals surface area (Å²) in [5.74, 6) is 1.10. The van der Waals surface area contributed by atoms with Gasteiger partial charge in [-0.1, -0.05) is 0 Å². The summed E-state index contributed by atoms with van der Waals surface area (Å²) in [5.41, 5.74) is 3.11. The minimum atomic E-state index is -0.174. The standard InChI is InChI=1S/C19H23N3O4S/c1-25-17-10-14(5-6-16(17)26-11-15-12-27-13-21-15)19(24)20-7-3-9-22-8-2-4-18(22)23/h5-6,10,12-13H,2-4,7-9,11H2,1H3,(H,20,24). The van der Waals surface area contributed by atoms with Crippen LogP contribution in [0.4, 0.5) is 0 Å². The smallest absolute Gasteiger partial charge is 0.251 e. The third-order valence-corrected chi connectivity index (χ3v) is 4.98. The van der Waals surface area contributed by atoms with E-state index >= 15 is 0 Å². The summed E-state index contributed by atoms with van der Waals surface area (Å²) < 4.78 is 11.1. The van der Waals surface area contributed by atoms with Crippen LogP contribution in [0, 0.1) is 0 Å². The minimum absolute atomic E-state index is 0.174. The number of benzene rings is 1. The summed E-state index contributed by atoms with van der Waals surface area (Å²) in [7, 11) is 1.54. The number of hydrogen-bond donors (Lipinski definition) is 1. The van der Waals surface area contributed by atoms with E-state index in [1.807, 2.05) is 10.3 Å². The number of likely N-dealkylation sites (tertiary alicyclic amines) is 1. The Kier molecular flexibility index (Phi) is 6.64. The number of aromatic nitrogens is 1. The van der Waals surface area contributed by atoms with Gasteiger partial charge in [0.2, 0.25) is 5.91 Å². The fourth-order valence-electron chi connectivity index (χ4n) is 2.90. The fourth-order valence-corrected chi connectivity index (χ4v) is 3.45. The molecule has 0 aliphatic carbocycles. The van der Waals surface area contributed by atoms with Gasteiger partial charge in [0, 0.05) is 37.0 Å². The van der Waals surface area contributed by atoms with E-state index in [0.29, 0.717) is 43.2 Å². The van der Waals surface area contributed by atoms with Crippen molar-refractivity contribution in [2.24, 2.45) is 0 Å². The van der Waals surface area contributed by atoms with E-state index in [4.69, 9.17) is 9.47 Å². The quantitative estimate of drug-likeness (QED) is 0.667. The molecule has 2 amide bonds. The first-order chi connectivity index (χ1) is 13.2. The van der Waals surface area contributed by atoms with Crippen LogP contribution in [0.3, 0.4) is 0 Å². The largest absolute Gasteiger partial charge is 0.493 e. The summed E-state index contributed by atoms with van der Waals surface area (Å²) in [5, 5.41) is 4.80. The van der Waals surface area contributed by atoms with Crippen LogP contribution in [0.1, 0.15) is 35.3 Å². The molecule has 2 heterocycles. The predicted molar refractivity (Wildman–Crippen MR) is 102 cm³/mol. The van der Waals surface area contributed by atoms with E-state index < -0.39 is 0 Å². The zero-order valence-corrected chi connectivity index (χ0v) is 16.1. The molecule has 0 bridgehead atoms. The van der Waals surface area contributed by atoms with Crippen LogP contribution in [-0.4, -0.2) is 48.4 Å². The van der Waals surface area contributed by atoms with Crippen LogP contribution in [-0.2, 0) is 11.4 Å². The average molecular weight is 389 g/mol. The van der Waals surface area contributed by atoms with Crippen LogP contribution in [0.15, 0.2) is 29.1 Å². The second kappa shape index (κ2) is 9.36. The zero-order chi connectivity index (χ0) is 19.1. The van der Waals surface area contributed by atoms with Crippen LogP contribution >= 0.6 is 11.3 Å². The molecule has 1 N–H and O–H groups in total. The highest BCUT2D eigenvalue weighted by Crippen LogP contribution is 2.28. The lowest BCUT2D eigenvalue weighted by Crippen LogP contribution is -2.30. The van der Waals surface area contributed by atoms with Gasteiger partial charge in [0.25, 0.3) is 5.91 Å². The van der Waals surface area contributed by atoms with Gasteiger partial charge >= 0.3 is 0 Å². The third kappa shape index (κ3) is 5.19. The first kappa shape index (κ1) is 19.2. The lowest BCUT2D eigenvalue weighted by Gasteiger charge is -2.15. The van der Waals surface area contributed by atoms with Crippen LogP contribution in [0.25, 0.3) is 0 Å². The lowest BCUT2D eigenvalue weighted by molar-refractivity contribution is -0.127. The molecule has 1 saturated heterocycles. The molecule has 0 saturated carbocycles. The Morgan fingerprint density at radius 3 is 2.96 bits per heavy atom. The Morgan fingerprint density at radius 1 is 1.37 bits per heavy atom. The molecular formula is C19H23N3O4S. The molecule has 144 valence electrons. The Bertz CT molecular complexity index is 779. The Balaban J connectivity index is 1.49. The number of ether oxygens (including phenoxy) is 2. The molecule has 3 rings (SSSR count). The maximum atomic E-state index is 12.3. The molecular weight excluding hydrogens is 366 g/mol. The Morgan fingerprint density at radius 2 is 2.26 bits per heavy atom. The van der Waals surface area contributed by atoms with Crippen LogP contribution < -0.4 is 14.8 Å². The van der Waals surface area contributed by atoms with Crippen molar-refractivity contribution < 1.29 is 19.1 Å². The number of nitrogens with zero attached hydrogens (tertiary/aromatic N) is 2. The molecule has 0 atom stereocenters. The van der Waals surface area contributed by atoms with Gasteiger partial charge < -0.3 is 19.7 Å². The highest BCUT2D eigenvalue weighted by atomic mass is 32.1. The molecule has 1 aliphatic heterocycles. The number of carbonyl (C=O) groups is 2. The molecule has 1 aromatic carbocycles. The summed E-state index contributed by atoms with van der Waals surface area (Å²) in [6.45, 7) is 2.38. The predicted octanol–water partition coefficient (Wildman–Crippen LogP) is 2.47. The van der Waals surface area contributed by atoms with E-state index in [1.54, 1.807) is 30.8 Å². The molecule has 0 unspecified atom stereocenters. The molecule has 7 nitrogen and oxygen atoms in total. The lowest BCUT2D eigenvalue weighted by atomic mass is 10.2. The molecule has 2 aromatic rings. The molecule has 27 heavy (non-hydrogen) atoms. The van der Waals surface area contributed by atoms with Crippen molar-refractivity contribution in [3.63, 3.8) is 0 Å². The van der Waals surface area contributed by atoms with Crippen molar-refractivity contribution in [3.8, 4) is 11.5 Å². The first-order valence-corrected chi connectivity index (χ1v) is 9.85. The fraction of sp³-hybridized carbons (Fsp3) is 0.421. The normalized spacial score (nSPS) is 13.7. The maximum absolute atomic E-state index is 12.3. The summed E-state index contributed by atoms with van der Waals surface area (Å²) in [6, 6.07) is 5.09. The van der Waals surface area contributed by atoms with Crippen LogP contribution in [0.2, 0.25) is 0 Å². The van der Waals surface area contributed by atoms with Gasteiger partial charge in [-0.3, -0.25) is 9.59 Å². The average Bonchev–Trinajstić information content (AvgIpc) is 3.35. The van der Waals surface area contributed by atoms with Gasteiger partial charge in [0.15, 0.2) is 11.5 Å². The molecule has 0 spiro atoms.